The Morgan fingerprint density at radius 3 is 2.54 bits per heavy atom. The predicted octanol–water partition coefficient (Wildman–Crippen LogP) is 3.36. The van der Waals surface area contributed by atoms with Gasteiger partial charge in [0.2, 0.25) is 5.91 Å². The topological polar surface area (TPSA) is 61.4 Å². The second kappa shape index (κ2) is 10.5. The third-order valence-corrected chi connectivity index (χ3v) is 5.21. The molecule has 0 aromatic heterocycles. The summed E-state index contributed by atoms with van der Waals surface area (Å²) in [5, 5.41) is 5.25. The molecule has 24 heavy (non-hydrogen) atoms. The molecule has 0 spiro atoms. The fourth-order valence-corrected chi connectivity index (χ4v) is 3.73. The number of allylic oxidation sites excluding steroid dienone is 1. The Hall–Kier alpha value is -1.36. The first-order valence-electron chi connectivity index (χ1n) is 9.61. The van der Waals surface area contributed by atoms with E-state index >= 15 is 0 Å². The molecule has 2 N–H and O–H groups in total. The summed E-state index contributed by atoms with van der Waals surface area (Å²) in [6.07, 6.45) is 15.4. The Morgan fingerprint density at radius 2 is 1.88 bits per heavy atom. The SMILES string of the molecule is CN(CC(=O)NC(=O)NCCC1=CCCCC1)C1CCCCCC1. The van der Waals surface area contributed by atoms with Crippen LogP contribution in [0.1, 0.15) is 70.6 Å². The highest BCUT2D eigenvalue weighted by Crippen LogP contribution is 2.21. The molecule has 3 amide bonds. The van der Waals surface area contributed by atoms with Crippen LogP contribution in [0.4, 0.5) is 4.79 Å². The second-order valence-electron chi connectivity index (χ2n) is 7.22. The van der Waals surface area contributed by atoms with E-state index in [0.29, 0.717) is 19.1 Å². The quantitative estimate of drug-likeness (QED) is 0.578. The van der Waals surface area contributed by atoms with E-state index in [1.807, 2.05) is 7.05 Å². The molecule has 2 rings (SSSR count). The third-order valence-electron chi connectivity index (χ3n) is 5.21. The Labute approximate surface area is 146 Å². The van der Waals surface area contributed by atoms with E-state index in [1.165, 1.54) is 44.1 Å². The molecule has 1 fully saturated rings. The van der Waals surface area contributed by atoms with Crippen LogP contribution in [0.3, 0.4) is 0 Å². The molecular weight excluding hydrogens is 302 g/mol. The first-order valence-corrected chi connectivity index (χ1v) is 9.61. The summed E-state index contributed by atoms with van der Waals surface area (Å²) in [7, 11) is 1.99. The number of rotatable bonds is 6. The Morgan fingerprint density at radius 1 is 1.12 bits per heavy atom. The summed E-state index contributed by atoms with van der Waals surface area (Å²) in [4.78, 5) is 26.0. The summed E-state index contributed by atoms with van der Waals surface area (Å²) >= 11 is 0. The molecule has 2 aliphatic carbocycles. The van der Waals surface area contributed by atoms with Gasteiger partial charge in [0.25, 0.3) is 0 Å². The zero-order valence-electron chi connectivity index (χ0n) is 15.1. The van der Waals surface area contributed by atoms with Crippen LogP contribution in [0.5, 0.6) is 0 Å². The minimum Gasteiger partial charge on any atom is -0.337 e. The van der Waals surface area contributed by atoms with Gasteiger partial charge in [-0.15, -0.1) is 0 Å². The molecule has 0 aromatic rings. The van der Waals surface area contributed by atoms with Crippen LogP contribution >= 0.6 is 0 Å². The number of likely N-dealkylation sites (N-methyl/N-ethyl adjacent to an activating group) is 1. The van der Waals surface area contributed by atoms with Crippen molar-refractivity contribution in [3.63, 3.8) is 0 Å². The Balaban J connectivity index is 1.61. The van der Waals surface area contributed by atoms with Crippen molar-refractivity contribution in [2.45, 2.75) is 76.7 Å². The monoisotopic (exact) mass is 335 g/mol. The molecule has 0 aliphatic heterocycles. The average Bonchev–Trinajstić information content (AvgIpc) is 2.85. The largest absolute Gasteiger partial charge is 0.337 e. The summed E-state index contributed by atoms with van der Waals surface area (Å²) in [5.74, 6) is -0.212. The van der Waals surface area contributed by atoms with E-state index in [9.17, 15) is 9.59 Å². The third kappa shape index (κ3) is 7.04. The Bertz CT molecular complexity index is 440. The van der Waals surface area contributed by atoms with Gasteiger partial charge in [-0.1, -0.05) is 37.3 Å². The summed E-state index contributed by atoms with van der Waals surface area (Å²) in [6.45, 7) is 0.895. The molecule has 0 heterocycles. The number of urea groups is 1. The molecule has 0 atom stereocenters. The van der Waals surface area contributed by atoms with Crippen LogP contribution < -0.4 is 10.6 Å². The fraction of sp³-hybridized carbons (Fsp3) is 0.789. The lowest BCUT2D eigenvalue weighted by atomic mass is 9.97. The number of hydrogen-bond acceptors (Lipinski definition) is 3. The van der Waals surface area contributed by atoms with Gasteiger partial charge in [0.05, 0.1) is 6.54 Å². The lowest BCUT2D eigenvalue weighted by Gasteiger charge is -2.26. The van der Waals surface area contributed by atoms with Crippen LogP contribution in [-0.4, -0.2) is 43.0 Å². The summed E-state index contributed by atoms with van der Waals surface area (Å²) < 4.78 is 0. The van der Waals surface area contributed by atoms with Crippen LogP contribution in [0.15, 0.2) is 11.6 Å². The van der Waals surface area contributed by atoms with Crippen molar-refractivity contribution >= 4 is 11.9 Å². The van der Waals surface area contributed by atoms with Gasteiger partial charge in [-0.3, -0.25) is 15.0 Å². The van der Waals surface area contributed by atoms with E-state index in [0.717, 1.165) is 32.1 Å². The fourth-order valence-electron chi connectivity index (χ4n) is 3.73. The molecule has 1 saturated carbocycles. The molecule has 2 aliphatic rings. The van der Waals surface area contributed by atoms with Gasteiger partial charge in [-0.25, -0.2) is 4.79 Å². The van der Waals surface area contributed by atoms with Crippen molar-refractivity contribution in [1.82, 2.24) is 15.5 Å². The van der Waals surface area contributed by atoms with Crippen LogP contribution in [0.2, 0.25) is 0 Å². The van der Waals surface area contributed by atoms with Gasteiger partial charge in [0, 0.05) is 12.6 Å². The van der Waals surface area contributed by atoms with E-state index in [4.69, 9.17) is 0 Å². The van der Waals surface area contributed by atoms with Crippen LogP contribution in [0.25, 0.3) is 0 Å². The normalized spacial score (nSPS) is 19.5. The summed E-state index contributed by atoms with van der Waals surface area (Å²) in [6, 6.07) is 0.102. The molecule has 0 unspecified atom stereocenters. The maximum Gasteiger partial charge on any atom is 0.321 e. The van der Waals surface area contributed by atoms with Gasteiger partial charge in [-0.05, 0) is 52.0 Å². The van der Waals surface area contributed by atoms with Crippen molar-refractivity contribution in [2.75, 3.05) is 20.1 Å². The Kier molecular flexibility index (Phi) is 8.29. The molecular formula is C19H33N3O2. The molecule has 5 heteroatoms. The minimum absolute atomic E-state index is 0.212. The van der Waals surface area contributed by atoms with Crippen molar-refractivity contribution in [1.29, 1.82) is 0 Å². The highest BCUT2D eigenvalue weighted by Gasteiger charge is 2.19. The van der Waals surface area contributed by atoms with E-state index in [-0.39, 0.29) is 11.9 Å². The van der Waals surface area contributed by atoms with Gasteiger partial charge < -0.3 is 5.32 Å². The van der Waals surface area contributed by atoms with E-state index in [1.54, 1.807) is 0 Å². The van der Waals surface area contributed by atoms with Gasteiger partial charge >= 0.3 is 6.03 Å². The maximum atomic E-state index is 12.0. The average molecular weight is 335 g/mol. The second-order valence-corrected chi connectivity index (χ2v) is 7.22. The first-order chi connectivity index (χ1) is 11.6. The highest BCUT2D eigenvalue weighted by atomic mass is 16.2. The number of carbonyl (C=O) groups is 2. The van der Waals surface area contributed by atoms with Crippen molar-refractivity contribution in [2.24, 2.45) is 0 Å². The van der Waals surface area contributed by atoms with E-state index in [2.05, 4.69) is 21.6 Å². The van der Waals surface area contributed by atoms with Gasteiger partial charge in [0.1, 0.15) is 0 Å². The first kappa shape index (κ1) is 19.0. The van der Waals surface area contributed by atoms with Crippen molar-refractivity contribution < 1.29 is 9.59 Å². The van der Waals surface area contributed by atoms with Crippen LogP contribution in [-0.2, 0) is 4.79 Å². The predicted molar refractivity (Wildman–Crippen MR) is 96.8 cm³/mol. The highest BCUT2D eigenvalue weighted by molar-refractivity contribution is 5.95. The molecule has 5 nitrogen and oxygen atoms in total. The number of hydrogen-bond donors (Lipinski definition) is 2. The van der Waals surface area contributed by atoms with Crippen molar-refractivity contribution in [3.05, 3.63) is 11.6 Å². The zero-order chi connectivity index (χ0) is 17.2. The standard InChI is InChI=1S/C19H33N3O2/c1-22(17-11-7-2-3-8-12-17)15-18(23)21-19(24)20-14-13-16-9-5-4-6-10-16/h9,17H,2-8,10-15H2,1H3,(H2,20,21,23,24). The number of carbonyl (C=O) groups excluding carboxylic acids is 2. The molecule has 0 radical (unpaired) electrons. The zero-order valence-corrected chi connectivity index (χ0v) is 15.1. The molecule has 0 saturated heterocycles. The lowest BCUT2D eigenvalue weighted by Crippen LogP contribution is -2.46. The lowest BCUT2D eigenvalue weighted by molar-refractivity contribution is -0.121. The number of imide groups is 1. The summed E-state index contributed by atoms with van der Waals surface area (Å²) in [5.41, 5.74) is 1.43. The van der Waals surface area contributed by atoms with E-state index < -0.39 is 0 Å². The number of nitrogens with one attached hydrogen (secondary N) is 2. The number of nitrogens with zero attached hydrogens (tertiary/aromatic N) is 1. The number of amides is 3. The van der Waals surface area contributed by atoms with Crippen molar-refractivity contribution in [3.8, 4) is 0 Å². The molecule has 0 bridgehead atoms. The molecule has 136 valence electrons. The smallest absolute Gasteiger partial charge is 0.321 e. The molecule has 0 aromatic carbocycles. The maximum absolute atomic E-state index is 12.0. The van der Waals surface area contributed by atoms with Gasteiger partial charge in [-0.2, -0.15) is 0 Å². The minimum atomic E-state index is -0.370. The van der Waals surface area contributed by atoms with Gasteiger partial charge in [0.15, 0.2) is 0 Å². The van der Waals surface area contributed by atoms with Crippen LogP contribution in [0, 0.1) is 0 Å².